The summed E-state index contributed by atoms with van der Waals surface area (Å²) in [5, 5.41) is 8.61. The third-order valence-corrected chi connectivity index (χ3v) is 4.77. The van der Waals surface area contributed by atoms with Gasteiger partial charge in [-0.25, -0.2) is 4.79 Å². The van der Waals surface area contributed by atoms with Gasteiger partial charge >= 0.3 is 6.03 Å². The van der Waals surface area contributed by atoms with E-state index in [9.17, 15) is 9.59 Å². The van der Waals surface area contributed by atoms with Crippen LogP contribution in [0.4, 0.5) is 10.5 Å². The molecule has 2 rings (SSSR count). The Kier molecular flexibility index (Phi) is 7.61. The van der Waals surface area contributed by atoms with Crippen LogP contribution in [-0.4, -0.2) is 18.0 Å². The van der Waals surface area contributed by atoms with Crippen LogP contribution in [-0.2, 0) is 11.3 Å². The van der Waals surface area contributed by atoms with Crippen LogP contribution >= 0.6 is 0 Å². The predicted molar refractivity (Wildman–Crippen MR) is 114 cm³/mol. The largest absolute Gasteiger partial charge is 0.334 e. The molecule has 3 N–H and O–H groups in total. The lowest BCUT2D eigenvalue weighted by Gasteiger charge is -2.21. The van der Waals surface area contributed by atoms with Gasteiger partial charge in [0.05, 0.1) is 0 Å². The van der Waals surface area contributed by atoms with Crippen molar-refractivity contribution in [1.29, 1.82) is 0 Å². The van der Waals surface area contributed by atoms with Gasteiger partial charge in [-0.15, -0.1) is 0 Å². The molecule has 2 aromatic carbocycles. The lowest BCUT2D eigenvalue weighted by atomic mass is 10.0. The van der Waals surface area contributed by atoms with Crippen molar-refractivity contribution in [1.82, 2.24) is 10.6 Å². The van der Waals surface area contributed by atoms with E-state index in [1.54, 1.807) is 0 Å². The van der Waals surface area contributed by atoms with Gasteiger partial charge in [0.15, 0.2) is 0 Å². The highest BCUT2D eigenvalue weighted by molar-refractivity contribution is 5.97. The molecule has 5 nitrogen and oxygen atoms in total. The fourth-order valence-electron chi connectivity index (χ4n) is 2.91. The van der Waals surface area contributed by atoms with Gasteiger partial charge in [-0.05, 0) is 55.9 Å². The highest BCUT2D eigenvalue weighted by Crippen LogP contribution is 2.19. The Morgan fingerprint density at radius 3 is 2.29 bits per heavy atom. The standard InChI is InChI=1S/C23H31N3O2/c1-15(2)13-21(22(27)25-20-8-6-7-17(4)18(20)5)26-23(28)24-14-19-11-9-16(3)10-12-19/h6-12,15,21H,13-14H2,1-5H3,(H,25,27)(H2,24,26,28). The number of hydrogen-bond acceptors (Lipinski definition) is 2. The molecule has 1 atom stereocenters. The number of carbonyl (C=O) groups excluding carboxylic acids is 2. The maximum absolute atomic E-state index is 12.8. The minimum atomic E-state index is -0.599. The van der Waals surface area contributed by atoms with E-state index in [1.165, 1.54) is 5.56 Å². The summed E-state index contributed by atoms with van der Waals surface area (Å²) < 4.78 is 0. The van der Waals surface area contributed by atoms with Gasteiger partial charge in [0.25, 0.3) is 0 Å². The quantitative estimate of drug-likeness (QED) is 0.662. The minimum Gasteiger partial charge on any atom is -0.334 e. The van der Waals surface area contributed by atoms with Crippen molar-refractivity contribution in [3.05, 3.63) is 64.7 Å². The van der Waals surface area contributed by atoms with Gasteiger partial charge in [0.2, 0.25) is 5.91 Å². The fraction of sp³-hybridized carbons (Fsp3) is 0.391. The number of hydrogen-bond donors (Lipinski definition) is 3. The Labute approximate surface area is 167 Å². The summed E-state index contributed by atoms with van der Waals surface area (Å²) in [5.74, 6) is 0.0691. The number of anilines is 1. The van der Waals surface area contributed by atoms with Crippen molar-refractivity contribution in [2.75, 3.05) is 5.32 Å². The average Bonchev–Trinajstić information content (AvgIpc) is 2.64. The van der Waals surface area contributed by atoms with Crippen molar-refractivity contribution >= 4 is 17.6 Å². The monoisotopic (exact) mass is 381 g/mol. The third-order valence-electron chi connectivity index (χ3n) is 4.77. The van der Waals surface area contributed by atoms with Crippen molar-refractivity contribution in [3.8, 4) is 0 Å². The Hall–Kier alpha value is -2.82. The lowest BCUT2D eigenvalue weighted by molar-refractivity contribution is -0.118. The van der Waals surface area contributed by atoms with Crippen LogP contribution in [0, 0.1) is 26.7 Å². The molecule has 2 aromatic rings. The van der Waals surface area contributed by atoms with Crippen LogP contribution in [0.5, 0.6) is 0 Å². The summed E-state index contributed by atoms with van der Waals surface area (Å²) in [7, 11) is 0. The van der Waals surface area contributed by atoms with Crippen molar-refractivity contribution in [3.63, 3.8) is 0 Å². The fourth-order valence-corrected chi connectivity index (χ4v) is 2.91. The first kappa shape index (κ1) is 21.5. The molecule has 5 heteroatoms. The predicted octanol–water partition coefficient (Wildman–Crippen LogP) is 4.46. The molecule has 3 amide bonds. The number of amides is 3. The molecule has 0 radical (unpaired) electrons. The number of urea groups is 1. The summed E-state index contributed by atoms with van der Waals surface area (Å²) in [5.41, 5.74) is 5.11. The third kappa shape index (κ3) is 6.41. The van der Waals surface area contributed by atoms with E-state index >= 15 is 0 Å². The second-order valence-electron chi connectivity index (χ2n) is 7.73. The Morgan fingerprint density at radius 2 is 1.64 bits per heavy atom. The summed E-state index contributed by atoms with van der Waals surface area (Å²) in [4.78, 5) is 25.2. The molecule has 28 heavy (non-hydrogen) atoms. The number of benzene rings is 2. The minimum absolute atomic E-state index is 0.201. The van der Waals surface area contributed by atoms with E-state index in [4.69, 9.17) is 0 Å². The smallest absolute Gasteiger partial charge is 0.315 e. The van der Waals surface area contributed by atoms with Crippen LogP contribution in [0.1, 0.15) is 42.5 Å². The van der Waals surface area contributed by atoms with Crippen molar-refractivity contribution < 1.29 is 9.59 Å². The topological polar surface area (TPSA) is 70.2 Å². The first-order chi connectivity index (χ1) is 13.3. The molecule has 0 heterocycles. The number of nitrogens with one attached hydrogen (secondary N) is 3. The highest BCUT2D eigenvalue weighted by atomic mass is 16.2. The molecule has 0 aliphatic carbocycles. The van der Waals surface area contributed by atoms with E-state index in [-0.39, 0.29) is 17.9 Å². The van der Waals surface area contributed by atoms with Gasteiger partial charge in [0, 0.05) is 12.2 Å². The first-order valence-corrected chi connectivity index (χ1v) is 9.73. The first-order valence-electron chi connectivity index (χ1n) is 9.73. The Bertz CT molecular complexity index is 813. The van der Waals surface area contributed by atoms with Crippen molar-refractivity contribution in [2.45, 2.75) is 53.6 Å². The Morgan fingerprint density at radius 1 is 0.964 bits per heavy atom. The SMILES string of the molecule is Cc1ccc(CNC(=O)NC(CC(C)C)C(=O)Nc2cccc(C)c2C)cc1. The Balaban J connectivity index is 1.99. The van der Waals surface area contributed by atoms with Gasteiger partial charge in [-0.2, -0.15) is 0 Å². The summed E-state index contributed by atoms with van der Waals surface area (Å²) in [6, 6.07) is 12.8. The number of rotatable bonds is 7. The molecule has 0 bridgehead atoms. The molecular weight excluding hydrogens is 350 g/mol. The molecule has 0 fully saturated rings. The van der Waals surface area contributed by atoms with E-state index < -0.39 is 6.04 Å². The van der Waals surface area contributed by atoms with Gasteiger partial charge < -0.3 is 16.0 Å². The lowest BCUT2D eigenvalue weighted by Crippen LogP contribution is -2.48. The van der Waals surface area contributed by atoms with Crippen molar-refractivity contribution in [2.24, 2.45) is 5.92 Å². The van der Waals surface area contributed by atoms with Crippen LogP contribution < -0.4 is 16.0 Å². The zero-order valence-corrected chi connectivity index (χ0v) is 17.4. The molecule has 0 aliphatic heterocycles. The van der Waals surface area contributed by atoms with E-state index in [0.29, 0.717) is 13.0 Å². The number of carbonyl (C=O) groups is 2. The number of aryl methyl sites for hydroxylation is 2. The highest BCUT2D eigenvalue weighted by Gasteiger charge is 2.22. The van der Waals surface area contributed by atoms with Gasteiger partial charge in [0.1, 0.15) is 6.04 Å². The molecule has 0 aromatic heterocycles. The molecule has 0 saturated heterocycles. The van der Waals surface area contributed by atoms with E-state index in [0.717, 1.165) is 22.4 Å². The van der Waals surface area contributed by atoms with E-state index in [1.807, 2.05) is 77.1 Å². The second kappa shape index (κ2) is 9.93. The summed E-state index contributed by atoms with van der Waals surface area (Å²) in [6.07, 6.45) is 0.564. The average molecular weight is 382 g/mol. The molecular formula is C23H31N3O2. The molecule has 1 unspecified atom stereocenters. The zero-order chi connectivity index (χ0) is 20.7. The second-order valence-corrected chi connectivity index (χ2v) is 7.73. The van der Waals surface area contributed by atoms with Crippen LogP contribution in [0.2, 0.25) is 0 Å². The molecule has 0 saturated carbocycles. The zero-order valence-electron chi connectivity index (χ0n) is 17.4. The maximum atomic E-state index is 12.8. The van der Waals surface area contributed by atoms with Gasteiger partial charge in [-0.3, -0.25) is 4.79 Å². The molecule has 150 valence electrons. The van der Waals surface area contributed by atoms with E-state index in [2.05, 4.69) is 16.0 Å². The van der Waals surface area contributed by atoms with Crippen LogP contribution in [0.3, 0.4) is 0 Å². The molecule has 0 spiro atoms. The maximum Gasteiger partial charge on any atom is 0.315 e. The van der Waals surface area contributed by atoms with Crippen LogP contribution in [0.25, 0.3) is 0 Å². The molecule has 0 aliphatic rings. The van der Waals surface area contributed by atoms with Gasteiger partial charge in [-0.1, -0.05) is 55.8 Å². The summed E-state index contributed by atoms with van der Waals surface area (Å²) >= 11 is 0. The summed E-state index contributed by atoms with van der Waals surface area (Å²) in [6.45, 7) is 10.5. The van der Waals surface area contributed by atoms with Crippen LogP contribution in [0.15, 0.2) is 42.5 Å². The normalized spacial score (nSPS) is 11.8.